The molecule has 0 aliphatic carbocycles. The predicted molar refractivity (Wildman–Crippen MR) is 80.1 cm³/mol. The summed E-state index contributed by atoms with van der Waals surface area (Å²) in [7, 11) is 0.0594. The van der Waals surface area contributed by atoms with Gasteiger partial charge in [0.1, 0.15) is 0 Å². The van der Waals surface area contributed by atoms with Crippen LogP contribution in [0.1, 0.15) is 30.1 Å². The second-order valence-corrected chi connectivity index (χ2v) is 6.42. The summed E-state index contributed by atoms with van der Waals surface area (Å²) >= 11 is 0. The topological polar surface area (TPSA) is 48.3 Å². The van der Waals surface area contributed by atoms with E-state index in [0.29, 0.717) is 18.6 Å². The summed E-state index contributed by atoms with van der Waals surface area (Å²) in [5.74, 6) is -0.0993. The van der Waals surface area contributed by atoms with Crippen LogP contribution in [0.25, 0.3) is 0 Å². The molecule has 5 heteroatoms. The summed E-state index contributed by atoms with van der Waals surface area (Å²) in [6, 6.07) is 1.74. The molecule has 0 radical (unpaired) electrons. The van der Waals surface area contributed by atoms with Crippen molar-refractivity contribution in [2.75, 3.05) is 19.1 Å². The van der Waals surface area contributed by atoms with Crippen molar-refractivity contribution >= 4 is 27.6 Å². The number of ether oxygens (including phenoxy) is 1. The smallest absolute Gasteiger partial charge is 0.339 e. The highest BCUT2D eigenvalue weighted by Crippen LogP contribution is 2.06. The van der Waals surface area contributed by atoms with Gasteiger partial charge in [0.15, 0.2) is 5.78 Å². The summed E-state index contributed by atoms with van der Waals surface area (Å²) < 4.78 is 6.83. The fraction of sp³-hybridized carbons (Fsp3) is 0.500. The molecular weight excluding hydrogens is 262 g/mol. The zero-order valence-electron chi connectivity index (χ0n) is 11.7. The fourth-order valence-corrected chi connectivity index (χ4v) is 2.32. The summed E-state index contributed by atoms with van der Waals surface area (Å²) in [4.78, 5) is 23.0. The first-order valence-electron chi connectivity index (χ1n) is 6.30. The number of aromatic nitrogens is 1. The molecule has 0 aromatic carbocycles. The molecule has 0 aliphatic rings. The van der Waals surface area contributed by atoms with E-state index in [1.807, 2.05) is 23.3 Å². The van der Waals surface area contributed by atoms with Gasteiger partial charge >= 0.3 is 5.97 Å². The van der Waals surface area contributed by atoms with Gasteiger partial charge in [-0.2, -0.15) is 10.5 Å². The van der Waals surface area contributed by atoms with Gasteiger partial charge in [-0.3, -0.25) is 4.79 Å². The SMILES string of the molecule is CCOC(=O)c1ccn(CCCC(=O)C=S(C)C)c1. The van der Waals surface area contributed by atoms with Crippen molar-refractivity contribution in [3.8, 4) is 0 Å². The molecule has 0 unspecified atom stereocenters. The number of carbonyl (C=O) groups is 2. The molecule has 0 amide bonds. The number of aryl methyl sites for hydroxylation is 1. The third kappa shape index (κ3) is 5.87. The van der Waals surface area contributed by atoms with Crippen LogP contribution in [-0.2, 0) is 16.1 Å². The third-order valence-electron chi connectivity index (χ3n) is 2.47. The van der Waals surface area contributed by atoms with Crippen molar-refractivity contribution in [1.29, 1.82) is 0 Å². The molecular formula is C14H21NO3S. The van der Waals surface area contributed by atoms with E-state index in [9.17, 15) is 9.59 Å². The number of rotatable bonds is 7. The van der Waals surface area contributed by atoms with Crippen LogP contribution in [-0.4, -0.2) is 40.8 Å². The lowest BCUT2D eigenvalue weighted by Gasteiger charge is -2.01. The van der Waals surface area contributed by atoms with Crippen LogP contribution in [0.4, 0.5) is 0 Å². The third-order valence-corrected chi connectivity index (χ3v) is 3.20. The predicted octanol–water partition coefficient (Wildman–Crippen LogP) is 2.34. The van der Waals surface area contributed by atoms with Crippen LogP contribution < -0.4 is 0 Å². The molecule has 1 heterocycles. The maximum Gasteiger partial charge on any atom is 0.339 e. The lowest BCUT2D eigenvalue weighted by molar-refractivity contribution is -0.112. The zero-order valence-corrected chi connectivity index (χ0v) is 12.5. The van der Waals surface area contributed by atoms with Gasteiger partial charge in [-0.15, -0.1) is 0 Å². The zero-order chi connectivity index (χ0) is 14.3. The highest BCUT2D eigenvalue weighted by Gasteiger charge is 2.07. The average molecular weight is 283 g/mol. The van der Waals surface area contributed by atoms with E-state index in [2.05, 4.69) is 0 Å². The lowest BCUT2D eigenvalue weighted by Crippen LogP contribution is -2.04. The van der Waals surface area contributed by atoms with Gasteiger partial charge in [-0.1, -0.05) is 0 Å². The minimum absolute atomic E-state index is 0.0594. The van der Waals surface area contributed by atoms with Crippen LogP contribution in [0.5, 0.6) is 0 Å². The Labute approximate surface area is 116 Å². The van der Waals surface area contributed by atoms with Crippen LogP contribution in [0.15, 0.2) is 18.5 Å². The van der Waals surface area contributed by atoms with E-state index >= 15 is 0 Å². The van der Waals surface area contributed by atoms with Crippen molar-refractivity contribution in [3.63, 3.8) is 0 Å². The molecule has 0 N–H and O–H groups in total. The molecule has 1 aromatic heterocycles. The van der Waals surface area contributed by atoms with Gasteiger partial charge in [0, 0.05) is 30.7 Å². The molecule has 1 rings (SSSR count). The molecule has 106 valence electrons. The Morgan fingerprint density at radius 3 is 2.79 bits per heavy atom. The van der Waals surface area contributed by atoms with E-state index in [-0.39, 0.29) is 22.2 Å². The van der Waals surface area contributed by atoms with Crippen molar-refractivity contribution in [3.05, 3.63) is 24.0 Å². The Bertz CT molecular complexity index is 473. The van der Waals surface area contributed by atoms with Gasteiger partial charge in [-0.05, 0) is 31.9 Å². The first-order valence-corrected chi connectivity index (χ1v) is 8.40. The molecule has 0 bridgehead atoms. The van der Waals surface area contributed by atoms with Crippen molar-refractivity contribution in [1.82, 2.24) is 4.57 Å². The average Bonchev–Trinajstić information content (AvgIpc) is 2.77. The van der Waals surface area contributed by atoms with E-state index in [0.717, 1.165) is 13.0 Å². The molecule has 0 fully saturated rings. The molecule has 4 nitrogen and oxygen atoms in total. The summed E-state index contributed by atoms with van der Waals surface area (Å²) in [6.07, 6.45) is 8.98. The monoisotopic (exact) mass is 283 g/mol. The molecule has 0 atom stereocenters. The molecule has 0 saturated heterocycles. The van der Waals surface area contributed by atoms with Crippen molar-refractivity contribution < 1.29 is 14.3 Å². The number of carbonyl (C=O) groups excluding carboxylic acids is 2. The molecule has 0 aliphatic heterocycles. The molecule has 0 saturated carbocycles. The van der Waals surface area contributed by atoms with Crippen molar-refractivity contribution in [2.24, 2.45) is 0 Å². The normalized spacial score (nSPS) is 10.5. The van der Waals surface area contributed by atoms with Gasteiger partial charge in [0.25, 0.3) is 0 Å². The summed E-state index contributed by atoms with van der Waals surface area (Å²) in [6.45, 7) is 2.90. The van der Waals surface area contributed by atoms with E-state index < -0.39 is 0 Å². The Morgan fingerprint density at radius 1 is 1.42 bits per heavy atom. The van der Waals surface area contributed by atoms with Gasteiger partial charge in [0.2, 0.25) is 0 Å². The Kier molecular flexibility index (Phi) is 6.56. The number of ketones is 1. The quantitative estimate of drug-likeness (QED) is 0.570. The Hall–Kier alpha value is -1.36. The van der Waals surface area contributed by atoms with E-state index in [1.54, 1.807) is 24.6 Å². The molecule has 0 spiro atoms. The highest BCUT2D eigenvalue weighted by atomic mass is 32.2. The Balaban J connectivity index is 2.40. The van der Waals surface area contributed by atoms with Crippen LogP contribution in [0, 0.1) is 0 Å². The first kappa shape index (κ1) is 15.7. The lowest BCUT2D eigenvalue weighted by atomic mass is 10.2. The summed E-state index contributed by atoms with van der Waals surface area (Å²) in [5, 5.41) is 1.78. The standard InChI is InChI=1S/C14H21NO3S/c1-4-18-14(17)12-7-9-15(10-12)8-5-6-13(16)11-19(2)3/h7,9-11H,4-6,8H2,1-3H3. The Morgan fingerprint density at radius 2 is 2.16 bits per heavy atom. The number of hydrogen-bond donors (Lipinski definition) is 0. The minimum atomic E-state index is -0.299. The number of Topliss-reactive ketones (excluding diaryl/α,β-unsaturated/α-hetero) is 1. The maximum atomic E-state index is 11.5. The number of nitrogens with zero attached hydrogens (tertiary/aromatic N) is 1. The van der Waals surface area contributed by atoms with Crippen LogP contribution in [0.2, 0.25) is 0 Å². The maximum absolute atomic E-state index is 11.5. The van der Waals surface area contributed by atoms with Gasteiger partial charge in [-0.25, -0.2) is 4.79 Å². The first-order chi connectivity index (χ1) is 9.02. The van der Waals surface area contributed by atoms with Crippen LogP contribution in [0.3, 0.4) is 0 Å². The van der Waals surface area contributed by atoms with E-state index in [4.69, 9.17) is 4.74 Å². The van der Waals surface area contributed by atoms with E-state index in [1.165, 1.54) is 0 Å². The highest BCUT2D eigenvalue weighted by molar-refractivity contribution is 8.14. The van der Waals surface area contributed by atoms with Crippen molar-refractivity contribution in [2.45, 2.75) is 26.3 Å². The number of hydrogen-bond acceptors (Lipinski definition) is 3. The van der Waals surface area contributed by atoms with Gasteiger partial charge in [0.05, 0.1) is 12.2 Å². The molecule has 1 aromatic rings. The molecule has 19 heavy (non-hydrogen) atoms. The number of esters is 1. The fourth-order valence-electron chi connectivity index (χ4n) is 1.67. The van der Waals surface area contributed by atoms with Crippen LogP contribution >= 0.6 is 10.5 Å². The summed E-state index contributed by atoms with van der Waals surface area (Å²) in [5.41, 5.74) is 0.559. The van der Waals surface area contributed by atoms with Gasteiger partial charge < -0.3 is 9.30 Å². The minimum Gasteiger partial charge on any atom is -0.462 e. The largest absolute Gasteiger partial charge is 0.462 e. The second-order valence-electron chi connectivity index (χ2n) is 4.43. The second kappa shape index (κ2) is 7.94.